The van der Waals surface area contributed by atoms with Crippen molar-refractivity contribution in [3.05, 3.63) is 132 Å². The summed E-state index contributed by atoms with van der Waals surface area (Å²) in [7, 11) is 1.67. The number of nitrogens with zero attached hydrogens (tertiary/aromatic N) is 1. The van der Waals surface area contributed by atoms with Crippen LogP contribution in [0.15, 0.2) is 120 Å². The second-order valence-corrected chi connectivity index (χ2v) is 9.40. The molecule has 1 heterocycles. The van der Waals surface area contributed by atoms with Crippen LogP contribution in [0.25, 0.3) is 0 Å². The Balaban J connectivity index is 1.68. The van der Waals surface area contributed by atoms with Crippen molar-refractivity contribution in [1.82, 2.24) is 4.90 Å². The Hall–Kier alpha value is -3.50. The lowest BCUT2D eigenvalue weighted by Gasteiger charge is -2.56. The number of thioether (sulfide) groups is 1. The standard InChI is InChI=1S/C29H25NO2S/c1-32-26-20-12-11-19-25(26)29(33-24-17-9-4-10-18-24)27(23-15-7-3-8-16-23)30(28(29)31)21-22-13-5-2-6-14-22/h2-20,27H,21H2,1H3/t27-,29+/m1/s1. The van der Waals surface area contributed by atoms with E-state index in [4.69, 9.17) is 4.74 Å². The van der Waals surface area contributed by atoms with E-state index >= 15 is 0 Å². The molecule has 5 rings (SSSR count). The molecule has 0 aliphatic carbocycles. The van der Waals surface area contributed by atoms with E-state index in [-0.39, 0.29) is 11.9 Å². The molecule has 0 aromatic heterocycles. The molecule has 3 nitrogen and oxygen atoms in total. The van der Waals surface area contributed by atoms with Gasteiger partial charge in [-0.15, -0.1) is 11.8 Å². The molecule has 4 aromatic carbocycles. The number of carbonyl (C=O) groups is 1. The summed E-state index contributed by atoms with van der Waals surface area (Å²) in [5.74, 6) is 0.827. The maximum atomic E-state index is 14.2. The van der Waals surface area contributed by atoms with Gasteiger partial charge in [0.15, 0.2) is 4.75 Å². The molecule has 0 saturated carbocycles. The van der Waals surface area contributed by atoms with Crippen LogP contribution in [-0.2, 0) is 16.1 Å². The van der Waals surface area contributed by atoms with Crippen LogP contribution in [0.3, 0.4) is 0 Å². The van der Waals surface area contributed by atoms with E-state index in [0.717, 1.165) is 27.3 Å². The van der Waals surface area contributed by atoms with Crippen LogP contribution < -0.4 is 4.74 Å². The fourth-order valence-corrected chi connectivity index (χ4v) is 6.16. The first kappa shape index (κ1) is 21.4. The van der Waals surface area contributed by atoms with E-state index in [2.05, 4.69) is 36.4 Å². The number of amides is 1. The predicted molar refractivity (Wildman–Crippen MR) is 133 cm³/mol. The Morgan fingerprint density at radius 1 is 0.788 bits per heavy atom. The lowest BCUT2D eigenvalue weighted by molar-refractivity contribution is -0.154. The summed E-state index contributed by atoms with van der Waals surface area (Å²) in [6.45, 7) is 0.561. The van der Waals surface area contributed by atoms with Gasteiger partial charge in [0.2, 0.25) is 5.91 Å². The summed E-state index contributed by atoms with van der Waals surface area (Å²) in [6, 6.07) is 38.4. The summed E-state index contributed by atoms with van der Waals surface area (Å²) < 4.78 is 4.94. The first-order valence-corrected chi connectivity index (χ1v) is 11.8. The average molecular weight is 452 g/mol. The highest BCUT2D eigenvalue weighted by molar-refractivity contribution is 8.01. The number of ether oxygens (including phenoxy) is 1. The number of likely N-dealkylation sites (tertiary alicyclic amines) is 1. The molecule has 1 amide bonds. The summed E-state index contributed by atoms with van der Waals surface area (Å²) in [5.41, 5.74) is 3.14. The molecule has 2 atom stereocenters. The lowest BCUT2D eigenvalue weighted by Crippen LogP contribution is -2.64. The highest BCUT2D eigenvalue weighted by Crippen LogP contribution is 2.62. The molecule has 0 bridgehead atoms. The van der Waals surface area contributed by atoms with E-state index in [0.29, 0.717) is 6.54 Å². The minimum absolute atomic E-state index is 0.0959. The number of rotatable bonds is 7. The monoisotopic (exact) mass is 451 g/mol. The van der Waals surface area contributed by atoms with Gasteiger partial charge in [-0.05, 0) is 29.3 Å². The summed E-state index contributed by atoms with van der Waals surface area (Å²) in [5, 5.41) is 0. The third kappa shape index (κ3) is 3.81. The zero-order valence-electron chi connectivity index (χ0n) is 18.4. The lowest BCUT2D eigenvalue weighted by atomic mass is 9.76. The zero-order chi connectivity index (χ0) is 22.7. The van der Waals surface area contributed by atoms with Crippen LogP contribution in [-0.4, -0.2) is 17.9 Å². The van der Waals surface area contributed by atoms with E-state index in [1.165, 1.54) is 0 Å². The smallest absolute Gasteiger partial charge is 0.247 e. The largest absolute Gasteiger partial charge is 0.496 e. The van der Waals surface area contributed by atoms with Gasteiger partial charge in [-0.1, -0.05) is 97.1 Å². The third-order valence-corrected chi connectivity index (χ3v) is 7.56. The molecular weight excluding hydrogens is 426 g/mol. The molecule has 0 radical (unpaired) electrons. The molecule has 0 N–H and O–H groups in total. The van der Waals surface area contributed by atoms with Gasteiger partial charge in [0.05, 0.1) is 13.2 Å². The van der Waals surface area contributed by atoms with Gasteiger partial charge in [-0.25, -0.2) is 0 Å². The number of benzene rings is 4. The van der Waals surface area contributed by atoms with Crippen LogP contribution >= 0.6 is 11.8 Å². The van der Waals surface area contributed by atoms with E-state index < -0.39 is 4.75 Å². The Kier molecular flexibility index (Phi) is 5.93. The predicted octanol–water partition coefficient (Wildman–Crippen LogP) is 6.47. The molecule has 1 aliphatic rings. The second kappa shape index (κ2) is 9.16. The molecule has 0 unspecified atom stereocenters. The SMILES string of the molecule is COc1ccccc1[C@@]1(Sc2ccccc2)C(=O)N(Cc2ccccc2)[C@@H]1c1ccccc1. The Morgan fingerprint density at radius 2 is 1.36 bits per heavy atom. The molecule has 1 aliphatic heterocycles. The number of hydrogen-bond donors (Lipinski definition) is 0. The minimum atomic E-state index is -0.829. The fraction of sp³-hybridized carbons (Fsp3) is 0.138. The van der Waals surface area contributed by atoms with Gasteiger partial charge in [0.25, 0.3) is 0 Å². The Morgan fingerprint density at radius 3 is 2.03 bits per heavy atom. The zero-order valence-corrected chi connectivity index (χ0v) is 19.2. The number of hydrogen-bond acceptors (Lipinski definition) is 3. The van der Waals surface area contributed by atoms with Gasteiger partial charge in [-0.2, -0.15) is 0 Å². The van der Waals surface area contributed by atoms with Crippen molar-refractivity contribution < 1.29 is 9.53 Å². The van der Waals surface area contributed by atoms with Gasteiger partial charge < -0.3 is 9.64 Å². The summed E-state index contributed by atoms with van der Waals surface area (Å²) in [4.78, 5) is 17.2. The van der Waals surface area contributed by atoms with Crippen LogP contribution in [0.1, 0.15) is 22.7 Å². The van der Waals surface area contributed by atoms with Gasteiger partial charge >= 0.3 is 0 Å². The molecule has 1 fully saturated rings. The highest BCUT2D eigenvalue weighted by atomic mass is 32.2. The van der Waals surface area contributed by atoms with E-state index in [9.17, 15) is 4.79 Å². The van der Waals surface area contributed by atoms with Gasteiger partial charge in [0, 0.05) is 17.0 Å². The Labute approximate surface area is 199 Å². The average Bonchev–Trinajstić information content (AvgIpc) is 2.89. The van der Waals surface area contributed by atoms with Crippen molar-refractivity contribution in [1.29, 1.82) is 0 Å². The molecule has 0 spiro atoms. The van der Waals surface area contributed by atoms with Crippen molar-refractivity contribution in [2.24, 2.45) is 0 Å². The van der Waals surface area contributed by atoms with Crippen LogP contribution in [0.5, 0.6) is 5.75 Å². The Bertz CT molecular complexity index is 1230. The van der Waals surface area contributed by atoms with Crippen molar-refractivity contribution in [2.75, 3.05) is 7.11 Å². The van der Waals surface area contributed by atoms with E-state index in [1.807, 2.05) is 83.8 Å². The summed E-state index contributed by atoms with van der Waals surface area (Å²) in [6.07, 6.45) is 0. The molecule has 164 valence electrons. The van der Waals surface area contributed by atoms with Gasteiger partial charge in [-0.3, -0.25) is 4.79 Å². The van der Waals surface area contributed by atoms with Crippen molar-refractivity contribution in [2.45, 2.75) is 22.2 Å². The first-order valence-electron chi connectivity index (χ1n) is 11.0. The van der Waals surface area contributed by atoms with Crippen molar-refractivity contribution >= 4 is 17.7 Å². The third-order valence-electron chi connectivity index (χ3n) is 6.12. The van der Waals surface area contributed by atoms with Crippen molar-refractivity contribution in [3.63, 3.8) is 0 Å². The minimum Gasteiger partial charge on any atom is -0.496 e. The molecular formula is C29H25NO2S. The van der Waals surface area contributed by atoms with Crippen molar-refractivity contribution in [3.8, 4) is 5.75 Å². The second-order valence-electron chi connectivity index (χ2n) is 8.08. The van der Waals surface area contributed by atoms with E-state index in [1.54, 1.807) is 18.9 Å². The quantitative estimate of drug-likeness (QED) is 0.302. The van der Waals surface area contributed by atoms with Crippen LogP contribution in [0, 0.1) is 0 Å². The topological polar surface area (TPSA) is 29.5 Å². The maximum Gasteiger partial charge on any atom is 0.247 e. The maximum absolute atomic E-state index is 14.2. The number of methoxy groups -OCH3 is 1. The molecule has 4 heteroatoms. The summed E-state index contributed by atoms with van der Waals surface area (Å²) >= 11 is 1.61. The van der Waals surface area contributed by atoms with Crippen LogP contribution in [0.4, 0.5) is 0 Å². The number of β-lactam (4-membered cyclic amide) rings is 1. The highest BCUT2D eigenvalue weighted by Gasteiger charge is 2.63. The first-order chi connectivity index (χ1) is 16.2. The molecule has 33 heavy (non-hydrogen) atoms. The van der Waals surface area contributed by atoms with Gasteiger partial charge in [0.1, 0.15) is 5.75 Å². The normalized spacial score (nSPS) is 19.7. The molecule has 1 saturated heterocycles. The van der Waals surface area contributed by atoms with Crippen LogP contribution in [0.2, 0.25) is 0 Å². The number of para-hydroxylation sites is 1. The fourth-order valence-electron chi connectivity index (χ4n) is 4.64. The molecule has 4 aromatic rings. The number of carbonyl (C=O) groups excluding carboxylic acids is 1.